The predicted molar refractivity (Wildman–Crippen MR) is 84.1 cm³/mol. The van der Waals surface area contributed by atoms with Gasteiger partial charge in [-0.2, -0.15) is 0 Å². The van der Waals surface area contributed by atoms with Crippen molar-refractivity contribution in [2.24, 2.45) is 0 Å². The van der Waals surface area contributed by atoms with E-state index in [2.05, 4.69) is 50.7 Å². The molecule has 1 saturated heterocycles. The summed E-state index contributed by atoms with van der Waals surface area (Å²) in [5.41, 5.74) is 0. The van der Waals surface area contributed by atoms with Gasteiger partial charge in [0.25, 0.3) is 0 Å². The van der Waals surface area contributed by atoms with Crippen molar-refractivity contribution in [2.45, 2.75) is 31.9 Å². The number of likely N-dealkylation sites (N-methyl/N-ethyl adjacent to an activating group) is 1. The zero-order valence-electron chi connectivity index (χ0n) is 11.5. The molecule has 0 N–H and O–H groups in total. The topological polar surface area (TPSA) is 21.7 Å². The molecule has 0 radical (unpaired) electrons. The highest BCUT2D eigenvalue weighted by Gasteiger charge is 2.28. The minimum atomic E-state index is 0.141. The first-order valence-electron chi connectivity index (χ1n) is 6.43. The largest absolute Gasteiger partial charge is 0.492 e. The summed E-state index contributed by atoms with van der Waals surface area (Å²) in [4.78, 5) is 2.37. The molecule has 2 unspecified atom stereocenters. The molecule has 1 aromatic carbocycles. The zero-order valence-corrected chi connectivity index (χ0v) is 14.6. The van der Waals surface area contributed by atoms with E-state index in [0.29, 0.717) is 6.04 Å². The number of nitrogens with zero attached hydrogens (tertiary/aromatic N) is 1. The van der Waals surface area contributed by atoms with Crippen LogP contribution in [0.2, 0.25) is 0 Å². The van der Waals surface area contributed by atoms with Crippen LogP contribution in [0.1, 0.15) is 19.8 Å². The average Bonchev–Trinajstić information content (AvgIpc) is 2.75. The number of methoxy groups -OCH3 is 1. The van der Waals surface area contributed by atoms with E-state index in [1.54, 1.807) is 7.11 Å². The fraction of sp³-hybridized carbons (Fsp3) is 0.571. The summed E-state index contributed by atoms with van der Waals surface area (Å²) >= 11 is 6.98. The molecule has 0 spiro atoms. The van der Waals surface area contributed by atoms with Gasteiger partial charge in [0.1, 0.15) is 6.10 Å². The summed E-state index contributed by atoms with van der Waals surface area (Å²) in [5.74, 6) is 1.52. The number of likely N-dealkylation sites (tertiary alicyclic amines) is 1. The molecule has 2 atom stereocenters. The minimum Gasteiger partial charge on any atom is -0.492 e. The molecule has 0 bridgehead atoms. The first-order valence-corrected chi connectivity index (χ1v) is 8.01. The van der Waals surface area contributed by atoms with Crippen molar-refractivity contribution >= 4 is 31.9 Å². The van der Waals surface area contributed by atoms with Gasteiger partial charge in [0.2, 0.25) is 0 Å². The Morgan fingerprint density at radius 2 is 2.11 bits per heavy atom. The molecule has 19 heavy (non-hydrogen) atoms. The molecule has 3 nitrogen and oxygen atoms in total. The van der Waals surface area contributed by atoms with Gasteiger partial charge in [-0.05, 0) is 61.4 Å². The van der Waals surface area contributed by atoms with Crippen molar-refractivity contribution in [3.8, 4) is 11.5 Å². The number of hydrogen-bond donors (Lipinski definition) is 0. The van der Waals surface area contributed by atoms with Crippen LogP contribution in [0.4, 0.5) is 0 Å². The summed E-state index contributed by atoms with van der Waals surface area (Å²) < 4.78 is 13.4. The first kappa shape index (κ1) is 15.1. The van der Waals surface area contributed by atoms with Crippen molar-refractivity contribution < 1.29 is 9.47 Å². The second kappa shape index (κ2) is 6.46. The number of hydrogen-bond acceptors (Lipinski definition) is 3. The Labute approximate surface area is 131 Å². The highest BCUT2D eigenvalue weighted by Crippen LogP contribution is 2.39. The van der Waals surface area contributed by atoms with Gasteiger partial charge in [0.15, 0.2) is 11.5 Å². The van der Waals surface area contributed by atoms with E-state index >= 15 is 0 Å². The van der Waals surface area contributed by atoms with Crippen LogP contribution >= 0.6 is 31.9 Å². The van der Waals surface area contributed by atoms with Gasteiger partial charge in [-0.1, -0.05) is 15.9 Å². The molecule has 1 heterocycles. The lowest BCUT2D eigenvalue weighted by Gasteiger charge is -2.27. The molecule has 1 aromatic rings. The summed E-state index contributed by atoms with van der Waals surface area (Å²) in [5, 5.41) is 0. The quantitative estimate of drug-likeness (QED) is 0.770. The van der Waals surface area contributed by atoms with Crippen LogP contribution in [-0.2, 0) is 0 Å². The fourth-order valence-electron chi connectivity index (χ4n) is 2.63. The van der Waals surface area contributed by atoms with Gasteiger partial charge in [0, 0.05) is 10.5 Å². The molecule has 0 aromatic heterocycles. The highest BCUT2D eigenvalue weighted by molar-refractivity contribution is 9.11. The smallest absolute Gasteiger partial charge is 0.175 e. The van der Waals surface area contributed by atoms with Gasteiger partial charge >= 0.3 is 0 Å². The molecule has 0 saturated carbocycles. The third-order valence-corrected chi connectivity index (χ3v) is 4.66. The zero-order chi connectivity index (χ0) is 14.0. The molecule has 106 valence electrons. The van der Waals surface area contributed by atoms with E-state index in [0.717, 1.165) is 27.0 Å². The van der Waals surface area contributed by atoms with Crippen LogP contribution in [0, 0.1) is 0 Å². The first-order chi connectivity index (χ1) is 9.02. The summed E-state index contributed by atoms with van der Waals surface area (Å²) in [6, 6.07) is 4.38. The maximum atomic E-state index is 6.13. The Morgan fingerprint density at radius 1 is 1.37 bits per heavy atom. The normalized spacial score (nSPS) is 21.4. The molecular weight excluding hydrogens is 374 g/mol. The standard InChI is InChI=1S/C14H19Br2NO2/c1-9(12-5-4-6-17(12)2)19-13-8-10(15)7-11(16)14(13)18-3/h7-9,12H,4-6H2,1-3H3. The Balaban J connectivity index is 2.18. The lowest BCUT2D eigenvalue weighted by molar-refractivity contribution is 0.118. The van der Waals surface area contributed by atoms with Crippen LogP contribution in [0.25, 0.3) is 0 Å². The fourth-order valence-corrected chi connectivity index (χ4v) is 3.98. The Hall–Kier alpha value is -0.260. The van der Waals surface area contributed by atoms with Crippen molar-refractivity contribution in [2.75, 3.05) is 20.7 Å². The van der Waals surface area contributed by atoms with Gasteiger partial charge in [-0.15, -0.1) is 0 Å². The van der Waals surface area contributed by atoms with Gasteiger partial charge < -0.3 is 9.47 Å². The lowest BCUT2D eigenvalue weighted by Crippen LogP contribution is -2.38. The molecule has 1 fully saturated rings. The van der Waals surface area contributed by atoms with Crippen molar-refractivity contribution in [3.63, 3.8) is 0 Å². The van der Waals surface area contributed by atoms with Gasteiger partial charge in [-0.3, -0.25) is 4.90 Å². The number of ether oxygens (including phenoxy) is 2. The molecule has 5 heteroatoms. The Bertz CT molecular complexity index is 453. The second-order valence-electron chi connectivity index (χ2n) is 4.93. The van der Waals surface area contributed by atoms with Crippen LogP contribution < -0.4 is 9.47 Å². The number of halogens is 2. The third kappa shape index (κ3) is 3.44. The Kier molecular flexibility index (Phi) is 5.15. The highest BCUT2D eigenvalue weighted by atomic mass is 79.9. The lowest BCUT2D eigenvalue weighted by atomic mass is 10.1. The minimum absolute atomic E-state index is 0.141. The van der Waals surface area contributed by atoms with Crippen LogP contribution in [-0.4, -0.2) is 37.7 Å². The Morgan fingerprint density at radius 3 is 2.68 bits per heavy atom. The van der Waals surface area contributed by atoms with Crippen molar-refractivity contribution in [1.29, 1.82) is 0 Å². The SMILES string of the molecule is COc1c(Br)cc(Br)cc1OC(C)C1CCCN1C. The average molecular weight is 393 g/mol. The van der Waals surface area contributed by atoms with E-state index in [1.807, 2.05) is 12.1 Å². The monoisotopic (exact) mass is 391 g/mol. The van der Waals surface area contributed by atoms with Crippen LogP contribution in [0.15, 0.2) is 21.1 Å². The summed E-state index contributed by atoms with van der Waals surface area (Å²) in [6.45, 7) is 3.28. The van der Waals surface area contributed by atoms with E-state index in [1.165, 1.54) is 12.8 Å². The van der Waals surface area contributed by atoms with Gasteiger partial charge in [-0.25, -0.2) is 0 Å². The summed E-state index contributed by atoms with van der Waals surface area (Å²) in [7, 11) is 3.82. The van der Waals surface area contributed by atoms with Crippen LogP contribution in [0.3, 0.4) is 0 Å². The molecule has 0 aliphatic carbocycles. The van der Waals surface area contributed by atoms with E-state index < -0.39 is 0 Å². The van der Waals surface area contributed by atoms with Crippen LogP contribution in [0.5, 0.6) is 11.5 Å². The van der Waals surface area contributed by atoms with Gasteiger partial charge in [0.05, 0.1) is 11.6 Å². The maximum Gasteiger partial charge on any atom is 0.175 e. The second-order valence-corrected chi connectivity index (χ2v) is 6.70. The van der Waals surface area contributed by atoms with Crippen molar-refractivity contribution in [1.82, 2.24) is 4.90 Å². The molecule has 1 aliphatic rings. The van der Waals surface area contributed by atoms with E-state index in [4.69, 9.17) is 9.47 Å². The molecule has 2 rings (SSSR count). The van der Waals surface area contributed by atoms with Crippen molar-refractivity contribution in [3.05, 3.63) is 21.1 Å². The third-order valence-electron chi connectivity index (χ3n) is 3.61. The number of benzene rings is 1. The molecule has 0 amide bonds. The van der Waals surface area contributed by atoms with E-state index in [-0.39, 0.29) is 6.10 Å². The number of rotatable bonds is 4. The predicted octanol–water partition coefficient (Wildman–Crippen LogP) is 4.08. The molecule has 1 aliphatic heterocycles. The van der Waals surface area contributed by atoms with E-state index in [9.17, 15) is 0 Å². The summed E-state index contributed by atoms with van der Waals surface area (Å²) in [6.07, 6.45) is 2.58. The maximum absolute atomic E-state index is 6.13. The molecular formula is C14H19Br2NO2.